The standard InChI is InChI=1S/C16H15ClN2O2/c17-13-9-12(5-6-14(13)20)19-15(21)16(7-8-16)10-1-3-11(18)4-2-10/h1-6,9,20H,7-8,18H2,(H,19,21). The highest BCUT2D eigenvalue weighted by molar-refractivity contribution is 6.32. The maximum Gasteiger partial charge on any atom is 0.235 e. The Hall–Kier alpha value is -2.20. The summed E-state index contributed by atoms with van der Waals surface area (Å²) in [6.07, 6.45) is 1.63. The summed E-state index contributed by atoms with van der Waals surface area (Å²) in [5, 5.41) is 12.5. The van der Waals surface area contributed by atoms with Crippen LogP contribution in [0.5, 0.6) is 5.75 Å². The van der Waals surface area contributed by atoms with Gasteiger partial charge in [0.25, 0.3) is 0 Å². The van der Waals surface area contributed by atoms with Crippen LogP contribution in [0.2, 0.25) is 5.02 Å². The number of amides is 1. The van der Waals surface area contributed by atoms with Gasteiger partial charge in [-0.05, 0) is 48.7 Å². The number of phenolic OH excluding ortho intramolecular Hbond substituents is 1. The Morgan fingerprint density at radius 2 is 1.86 bits per heavy atom. The number of anilines is 2. The van der Waals surface area contributed by atoms with E-state index in [9.17, 15) is 9.90 Å². The first-order valence-electron chi connectivity index (χ1n) is 6.67. The van der Waals surface area contributed by atoms with Crippen molar-refractivity contribution in [3.8, 4) is 5.75 Å². The molecule has 3 rings (SSSR count). The van der Waals surface area contributed by atoms with Gasteiger partial charge in [-0.25, -0.2) is 0 Å². The minimum Gasteiger partial charge on any atom is -0.506 e. The molecule has 2 aromatic carbocycles. The van der Waals surface area contributed by atoms with E-state index in [1.54, 1.807) is 18.2 Å². The summed E-state index contributed by atoms with van der Waals surface area (Å²) in [7, 11) is 0. The summed E-state index contributed by atoms with van der Waals surface area (Å²) >= 11 is 5.85. The van der Waals surface area contributed by atoms with Crippen LogP contribution in [0.1, 0.15) is 18.4 Å². The second-order valence-electron chi connectivity index (χ2n) is 5.32. The van der Waals surface area contributed by atoms with Crippen molar-refractivity contribution in [2.24, 2.45) is 0 Å². The highest BCUT2D eigenvalue weighted by atomic mass is 35.5. The first kappa shape index (κ1) is 13.8. The molecule has 0 unspecified atom stereocenters. The second-order valence-corrected chi connectivity index (χ2v) is 5.73. The van der Waals surface area contributed by atoms with Crippen molar-refractivity contribution in [2.45, 2.75) is 18.3 Å². The summed E-state index contributed by atoms with van der Waals surface area (Å²) in [4.78, 5) is 12.5. The van der Waals surface area contributed by atoms with E-state index in [4.69, 9.17) is 17.3 Å². The van der Waals surface area contributed by atoms with Crippen molar-refractivity contribution in [1.29, 1.82) is 0 Å². The third kappa shape index (κ3) is 2.54. The smallest absolute Gasteiger partial charge is 0.235 e. The van der Waals surface area contributed by atoms with E-state index in [0.29, 0.717) is 11.4 Å². The van der Waals surface area contributed by atoms with Gasteiger partial charge in [0.05, 0.1) is 10.4 Å². The van der Waals surface area contributed by atoms with E-state index in [0.717, 1.165) is 18.4 Å². The fourth-order valence-corrected chi connectivity index (χ4v) is 2.59. The number of hydrogen-bond donors (Lipinski definition) is 3. The van der Waals surface area contributed by atoms with Gasteiger partial charge in [0.1, 0.15) is 5.75 Å². The molecule has 4 nitrogen and oxygen atoms in total. The number of nitrogen functional groups attached to an aromatic ring is 1. The number of aromatic hydroxyl groups is 1. The van der Waals surface area contributed by atoms with Crippen LogP contribution in [0.3, 0.4) is 0 Å². The number of nitrogens with two attached hydrogens (primary N) is 1. The number of carbonyl (C=O) groups is 1. The lowest BCUT2D eigenvalue weighted by atomic mass is 9.94. The summed E-state index contributed by atoms with van der Waals surface area (Å²) in [6.45, 7) is 0. The van der Waals surface area contributed by atoms with Gasteiger partial charge in [0, 0.05) is 11.4 Å². The van der Waals surface area contributed by atoms with Crippen LogP contribution < -0.4 is 11.1 Å². The first-order chi connectivity index (χ1) is 10.0. The molecule has 2 aromatic rings. The molecule has 1 aliphatic rings. The van der Waals surface area contributed by atoms with Crippen molar-refractivity contribution in [3.05, 3.63) is 53.1 Å². The van der Waals surface area contributed by atoms with E-state index in [1.165, 1.54) is 12.1 Å². The third-order valence-corrected chi connectivity index (χ3v) is 4.16. The minimum atomic E-state index is -0.474. The summed E-state index contributed by atoms with van der Waals surface area (Å²) in [6, 6.07) is 12.0. The molecule has 0 radical (unpaired) electrons. The molecule has 5 heteroatoms. The lowest BCUT2D eigenvalue weighted by Crippen LogP contribution is -2.27. The molecule has 0 spiro atoms. The molecule has 0 aliphatic heterocycles. The van der Waals surface area contributed by atoms with E-state index in [1.807, 2.05) is 12.1 Å². The Morgan fingerprint density at radius 1 is 1.19 bits per heavy atom. The van der Waals surface area contributed by atoms with Gasteiger partial charge in [0.2, 0.25) is 5.91 Å². The van der Waals surface area contributed by atoms with E-state index in [-0.39, 0.29) is 16.7 Å². The zero-order valence-electron chi connectivity index (χ0n) is 11.3. The summed E-state index contributed by atoms with van der Waals surface area (Å²) < 4.78 is 0. The second kappa shape index (κ2) is 4.97. The predicted octanol–water partition coefficient (Wildman–Crippen LogP) is 3.30. The molecule has 1 amide bonds. The van der Waals surface area contributed by atoms with Crippen LogP contribution in [0.15, 0.2) is 42.5 Å². The molecule has 1 saturated carbocycles. The Morgan fingerprint density at radius 3 is 2.43 bits per heavy atom. The number of rotatable bonds is 3. The van der Waals surface area contributed by atoms with Crippen LogP contribution in [0, 0.1) is 0 Å². The maximum absolute atomic E-state index is 12.5. The fraction of sp³-hybridized carbons (Fsp3) is 0.188. The van der Waals surface area contributed by atoms with Gasteiger partial charge >= 0.3 is 0 Å². The van der Waals surface area contributed by atoms with Crippen LogP contribution in [0.25, 0.3) is 0 Å². The number of halogens is 1. The molecule has 4 N–H and O–H groups in total. The van der Waals surface area contributed by atoms with Gasteiger partial charge in [-0.1, -0.05) is 23.7 Å². The molecule has 0 heterocycles. The third-order valence-electron chi connectivity index (χ3n) is 3.85. The SMILES string of the molecule is Nc1ccc(C2(C(=O)Nc3ccc(O)c(Cl)c3)CC2)cc1. The molecule has 0 saturated heterocycles. The number of carbonyl (C=O) groups excluding carboxylic acids is 1. The van der Waals surface area contributed by atoms with Gasteiger partial charge in [-0.3, -0.25) is 4.79 Å². The summed E-state index contributed by atoms with van der Waals surface area (Å²) in [5.74, 6) is -0.0663. The average molecular weight is 303 g/mol. The van der Waals surface area contributed by atoms with Crippen LogP contribution in [-0.2, 0) is 10.2 Å². The molecule has 0 bridgehead atoms. The van der Waals surface area contributed by atoms with Crippen molar-refractivity contribution in [1.82, 2.24) is 0 Å². The van der Waals surface area contributed by atoms with Crippen LogP contribution >= 0.6 is 11.6 Å². The lowest BCUT2D eigenvalue weighted by molar-refractivity contribution is -0.118. The Bertz CT molecular complexity index is 694. The molecular formula is C16H15ClN2O2. The van der Waals surface area contributed by atoms with Gasteiger partial charge in [-0.2, -0.15) is 0 Å². The van der Waals surface area contributed by atoms with Crippen molar-refractivity contribution < 1.29 is 9.90 Å². The molecule has 0 aromatic heterocycles. The van der Waals surface area contributed by atoms with Gasteiger partial charge in [0.15, 0.2) is 0 Å². The summed E-state index contributed by atoms with van der Waals surface area (Å²) in [5.41, 5.74) is 7.43. The molecule has 1 fully saturated rings. The molecule has 108 valence electrons. The highest BCUT2D eigenvalue weighted by Crippen LogP contribution is 2.49. The maximum atomic E-state index is 12.5. The fourth-order valence-electron chi connectivity index (χ4n) is 2.41. The molecular weight excluding hydrogens is 288 g/mol. The average Bonchev–Trinajstić information content (AvgIpc) is 3.25. The molecule has 0 atom stereocenters. The quantitative estimate of drug-likeness (QED) is 0.601. The molecule has 21 heavy (non-hydrogen) atoms. The van der Waals surface area contributed by atoms with Crippen LogP contribution in [0.4, 0.5) is 11.4 Å². The van der Waals surface area contributed by atoms with E-state index < -0.39 is 5.41 Å². The topological polar surface area (TPSA) is 75.4 Å². The van der Waals surface area contributed by atoms with Gasteiger partial charge < -0.3 is 16.2 Å². The Kier molecular flexibility index (Phi) is 3.26. The van der Waals surface area contributed by atoms with Gasteiger partial charge in [-0.15, -0.1) is 0 Å². The number of hydrogen-bond acceptors (Lipinski definition) is 3. The van der Waals surface area contributed by atoms with E-state index in [2.05, 4.69) is 5.32 Å². The number of nitrogens with one attached hydrogen (secondary N) is 1. The Labute approximate surface area is 127 Å². The lowest BCUT2D eigenvalue weighted by Gasteiger charge is -2.16. The van der Waals surface area contributed by atoms with Crippen molar-refractivity contribution in [3.63, 3.8) is 0 Å². The van der Waals surface area contributed by atoms with Crippen LogP contribution in [-0.4, -0.2) is 11.0 Å². The van der Waals surface area contributed by atoms with E-state index >= 15 is 0 Å². The normalized spacial score (nSPS) is 15.5. The predicted molar refractivity (Wildman–Crippen MR) is 83.5 cm³/mol. The number of phenols is 1. The van der Waals surface area contributed by atoms with Crippen molar-refractivity contribution in [2.75, 3.05) is 11.1 Å². The first-order valence-corrected chi connectivity index (χ1v) is 7.05. The largest absolute Gasteiger partial charge is 0.506 e. The Balaban J connectivity index is 1.81. The molecule has 1 aliphatic carbocycles. The van der Waals surface area contributed by atoms with Crippen molar-refractivity contribution >= 4 is 28.9 Å². The zero-order chi connectivity index (χ0) is 15.0. The monoisotopic (exact) mass is 302 g/mol. The number of benzene rings is 2. The zero-order valence-corrected chi connectivity index (χ0v) is 12.0. The highest BCUT2D eigenvalue weighted by Gasteiger charge is 2.51. The minimum absolute atomic E-state index is 0.00524.